The molecule has 0 aliphatic carbocycles. The number of nitriles is 1. The van der Waals surface area contributed by atoms with Crippen molar-refractivity contribution in [3.8, 4) is 6.07 Å². The zero-order chi connectivity index (χ0) is 24.0. The number of nitrogens with zero attached hydrogens (tertiary/aromatic N) is 2. The molecule has 1 aliphatic rings. The Labute approximate surface area is 204 Å². The minimum atomic E-state index is -1.80. The lowest BCUT2D eigenvalue weighted by Gasteiger charge is -2.28. The van der Waals surface area contributed by atoms with Crippen molar-refractivity contribution in [2.75, 3.05) is 31.6 Å². The first-order valence-electron chi connectivity index (χ1n) is 11.1. The summed E-state index contributed by atoms with van der Waals surface area (Å²) in [6, 6.07) is 23.5. The SMILES string of the molecule is N#Cc1ccc(NC(=O)C(O)(Cc2ccc(CN3CCOCC3)cc2)c2ccccc2)cc1Cl. The molecule has 1 heterocycles. The topological polar surface area (TPSA) is 85.6 Å². The maximum Gasteiger partial charge on any atom is 0.261 e. The van der Waals surface area contributed by atoms with Gasteiger partial charge in [0.2, 0.25) is 0 Å². The van der Waals surface area contributed by atoms with E-state index in [0.717, 1.165) is 38.4 Å². The Bertz CT molecular complexity index is 1170. The van der Waals surface area contributed by atoms with E-state index in [4.69, 9.17) is 21.6 Å². The summed E-state index contributed by atoms with van der Waals surface area (Å²) >= 11 is 6.11. The highest BCUT2D eigenvalue weighted by Gasteiger charge is 2.38. The van der Waals surface area contributed by atoms with Crippen LogP contribution in [0.15, 0.2) is 72.8 Å². The van der Waals surface area contributed by atoms with E-state index >= 15 is 0 Å². The molecule has 1 saturated heterocycles. The highest BCUT2D eigenvalue weighted by molar-refractivity contribution is 6.32. The summed E-state index contributed by atoms with van der Waals surface area (Å²) in [5.41, 5.74) is 1.42. The fourth-order valence-electron chi connectivity index (χ4n) is 4.02. The second-order valence-electron chi connectivity index (χ2n) is 8.37. The molecule has 1 aliphatic heterocycles. The molecular weight excluding hydrogens is 450 g/mol. The molecule has 3 aromatic carbocycles. The van der Waals surface area contributed by atoms with Crippen LogP contribution in [-0.4, -0.2) is 42.2 Å². The first-order valence-corrected chi connectivity index (χ1v) is 11.5. The van der Waals surface area contributed by atoms with Crippen LogP contribution in [0.1, 0.15) is 22.3 Å². The van der Waals surface area contributed by atoms with Crippen molar-refractivity contribution in [1.82, 2.24) is 4.90 Å². The predicted molar refractivity (Wildman–Crippen MR) is 131 cm³/mol. The zero-order valence-electron chi connectivity index (χ0n) is 18.7. The number of morpholine rings is 1. The number of hydrogen-bond acceptors (Lipinski definition) is 5. The van der Waals surface area contributed by atoms with E-state index in [0.29, 0.717) is 16.8 Å². The van der Waals surface area contributed by atoms with E-state index in [1.54, 1.807) is 30.3 Å². The molecule has 6 nitrogen and oxygen atoms in total. The smallest absolute Gasteiger partial charge is 0.261 e. The van der Waals surface area contributed by atoms with Crippen molar-refractivity contribution in [3.63, 3.8) is 0 Å². The first kappa shape index (κ1) is 23.9. The van der Waals surface area contributed by atoms with Crippen LogP contribution in [0.4, 0.5) is 5.69 Å². The number of anilines is 1. The summed E-state index contributed by atoms with van der Waals surface area (Å²) in [6.45, 7) is 4.17. The second kappa shape index (κ2) is 10.8. The number of aliphatic hydroxyl groups is 1. The number of carbonyl (C=O) groups excluding carboxylic acids is 1. The molecule has 0 spiro atoms. The molecule has 0 saturated carbocycles. The Kier molecular flexibility index (Phi) is 7.61. The molecule has 0 aromatic heterocycles. The van der Waals surface area contributed by atoms with Gasteiger partial charge >= 0.3 is 0 Å². The van der Waals surface area contributed by atoms with Gasteiger partial charge in [-0.15, -0.1) is 0 Å². The average Bonchev–Trinajstić information content (AvgIpc) is 2.86. The lowest BCUT2D eigenvalue weighted by Crippen LogP contribution is -2.42. The Hall–Kier alpha value is -3.21. The average molecular weight is 476 g/mol. The van der Waals surface area contributed by atoms with Crippen LogP contribution in [0, 0.1) is 11.3 Å². The van der Waals surface area contributed by atoms with Gasteiger partial charge < -0.3 is 15.2 Å². The molecule has 1 amide bonds. The molecule has 34 heavy (non-hydrogen) atoms. The minimum absolute atomic E-state index is 0.102. The van der Waals surface area contributed by atoms with E-state index in [9.17, 15) is 9.90 Å². The van der Waals surface area contributed by atoms with Crippen LogP contribution in [0.3, 0.4) is 0 Å². The number of ether oxygens (including phenoxy) is 1. The zero-order valence-corrected chi connectivity index (χ0v) is 19.5. The highest BCUT2D eigenvalue weighted by Crippen LogP contribution is 2.29. The molecule has 2 N–H and O–H groups in total. The number of amides is 1. The van der Waals surface area contributed by atoms with Crippen molar-refractivity contribution in [1.29, 1.82) is 5.26 Å². The van der Waals surface area contributed by atoms with E-state index in [-0.39, 0.29) is 11.4 Å². The van der Waals surface area contributed by atoms with Gasteiger partial charge in [-0.05, 0) is 34.9 Å². The summed E-state index contributed by atoms with van der Waals surface area (Å²) in [6.07, 6.45) is 0.102. The third kappa shape index (κ3) is 5.64. The Balaban J connectivity index is 1.54. The molecule has 1 unspecified atom stereocenters. The van der Waals surface area contributed by atoms with Crippen molar-refractivity contribution in [2.24, 2.45) is 0 Å². The summed E-state index contributed by atoms with van der Waals surface area (Å²) < 4.78 is 5.41. The van der Waals surface area contributed by atoms with Crippen LogP contribution >= 0.6 is 11.6 Å². The summed E-state index contributed by atoms with van der Waals surface area (Å²) in [7, 11) is 0. The monoisotopic (exact) mass is 475 g/mol. The van der Waals surface area contributed by atoms with Crippen LogP contribution < -0.4 is 5.32 Å². The van der Waals surface area contributed by atoms with Gasteiger partial charge in [-0.1, -0.05) is 66.2 Å². The van der Waals surface area contributed by atoms with Crippen molar-refractivity contribution >= 4 is 23.2 Å². The largest absolute Gasteiger partial charge is 0.379 e. The Morgan fingerprint density at radius 2 is 1.74 bits per heavy atom. The third-order valence-electron chi connectivity index (χ3n) is 5.97. The quantitative estimate of drug-likeness (QED) is 0.537. The van der Waals surface area contributed by atoms with Crippen LogP contribution in [0.2, 0.25) is 5.02 Å². The third-order valence-corrected chi connectivity index (χ3v) is 6.28. The van der Waals surface area contributed by atoms with Gasteiger partial charge in [0.05, 0.1) is 23.8 Å². The Morgan fingerprint density at radius 1 is 1.06 bits per heavy atom. The molecule has 1 fully saturated rings. The van der Waals surface area contributed by atoms with Gasteiger partial charge in [-0.25, -0.2) is 0 Å². The second-order valence-corrected chi connectivity index (χ2v) is 8.78. The number of nitrogens with one attached hydrogen (secondary N) is 1. The van der Waals surface area contributed by atoms with Crippen molar-refractivity contribution in [2.45, 2.75) is 18.6 Å². The summed E-state index contributed by atoms with van der Waals surface area (Å²) in [5, 5.41) is 23.7. The van der Waals surface area contributed by atoms with E-state index < -0.39 is 11.5 Å². The van der Waals surface area contributed by atoms with Crippen LogP contribution in [-0.2, 0) is 28.1 Å². The number of rotatable bonds is 7. The normalized spacial score (nSPS) is 15.8. The molecule has 3 aromatic rings. The van der Waals surface area contributed by atoms with Gasteiger partial charge in [0.15, 0.2) is 5.60 Å². The van der Waals surface area contributed by atoms with Gasteiger partial charge in [0, 0.05) is 31.7 Å². The maximum absolute atomic E-state index is 13.3. The van der Waals surface area contributed by atoms with Crippen molar-refractivity contribution in [3.05, 3.63) is 100 Å². The van der Waals surface area contributed by atoms with Gasteiger partial charge in [0.25, 0.3) is 5.91 Å². The van der Waals surface area contributed by atoms with Gasteiger partial charge in [-0.3, -0.25) is 9.69 Å². The highest BCUT2D eigenvalue weighted by atomic mass is 35.5. The molecule has 1 atom stereocenters. The molecule has 4 rings (SSSR count). The summed E-state index contributed by atoms with van der Waals surface area (Å²) in [4.78, 5) is 15.7. The number of hydrogen-bond donors (Lipinski definition) is 2. The first-order chi connectivity index (χ1) is 16.5. The fourth-order valence-corrected chi connectivity index (χ4v) is 4.24. The Morgan fingerprint density at radius 3 is 2.38 bits per heavy atom. The lowest BCUT2D eigenvalue weighted by atomic mass is 9.86. The molecule has 7 heteroatoms. The number of benzene rings is 3. The fraction of sp³-hybridized carbons (Fsp3) is 0.259. The predicted octanol–water partition coefficient (Wildman–Crippen LogP) is 4.11. The van der Waals surface area contributed by atoms with E-state index in [1.165, 1.54) is 17.7 Å². The van der Waals surface area contributed by atoms with E-state index in [2.05, 4.69) is 10.2 Å². The van der Waals surface area contributed by atoms with Gasteiger partial charge in [0.1, 0.15) is 6.07 Å². The summed E-state index contributed by atoms with van der Waals surface area (Å²) in [5.74, 6) is -0.572. The van der Waals surface area contributed by atoms with Gasteiger partial charge in [-0.2, -0.15) is 5.26 Å². The molecule has 174 valence electrons. The van der Waals surface area contributed by atoms with Crippen LogP contribution in [0.25, 0.3) is 0 Å². The lowest BCUT2D eigenvalue weighted by molar-refractivity contribution is -0.135. The molecular formula is C27H26ClN3O3. The minimum Gasteiger partial charge on any atom is -0.379 e. The standard InChI is InChI=1S/C27H26ClN3O3/c28-25-16-24(11-10-22(25)18-29)30-26(32)27(33,23-4-2-1-3-5-23)17-20-6-8-21(9-7-20)19-31-12-14-34-15-13-31/h1-11,16,33H,12-15,17,19H2,(H,30,32). The van der Waals surface area contributed by atoms with Crippen molar-refractivity contribution < 1.29 is 14.6 Å². The molecule has 0 radical (unpaired) electrons. The number of halogens is 1. The van der Waals surface area contributed by atoms with Crippen LogP contribution in [0.5, 0.6) is 0 Å². The van der Waals surface area contributed by atoms with E-state index in [1.807, 2.05) is 36.4 Å². The number of carbonyl (C=O) groups is 1. The molecule has 0 bridgehead atoms. The maximum atomic E-state index is 13.3.